The van der Waals surface area contributed by atoms with Crippen molar-refractivity contribution in [3.63, 3.8) is 0 Å². The summed E-state index contributed by atoms with van der Waals surface area (Å²) in [7, 11) is 0. The molecule has 0 saturated carbocycles. The molecule has 0 atom stereocenters. The van der Waals surface area contributed by atoms with Crippen LogP contribution in [0.25, 0.3) is 21.8 Å². The van der Waals surface area contributed by atoms with Crippen molar-refractivity contribution >= 4 is 21.6 Å². The minimum absolute atomic E-state index is 0.0867. The second-order valence-corrected chi connectivity index (χ2v) is 7.30. The summed E-state index contributed by atoms with van der Waals surface area (Å²) in [6.07, 6.45) is 4.12. The Morgan fingerprint density at radius 3 is 2.96 bits per heavy atom. The average molecular weight is 370 g/mol. The van der Waals surface area contributed by atoms with Crippen molar-refractivity contribution in [1.82, 2.24) is 19.5 Å². The molecule has 8 heteroatoms. The Labute approximate surface area is 153 Å². The number of furan rings is 1. The number of aromatic amines is 1. The van der Waals surface area contributed by atoms with Gasteiger partial charge in [-0.05, 0) is 31.5 Å². The van der Waals surface area contributed by atoms with Crippen molar-refractivity contribution < 1.29 is 9.52 Å². The van der Waals surface area contributed by atoms with Crippen LogP contribution in [0, 0.1) is 13.8 Å². The molecule has 7 nitrogen and oxygen atoms in total. The first-order valence-electron chi connectivity index (χ1n) is 8.27. The third-order valence-corrected chi connectivity index (χ3v) is 5.53. The van der Waals surface area contributed by atoms with Gasteiger partial charge >= 0.3 is 0 Å². The number of imidazole rings is 1. The number of nitrogens with one attached hydrogen (secondary N) is 1. The lowest BCUT2D eigenvalue weighted by molar-refractivity contribution is 0.248. The molecule has 26 heavy (non-hydrogen) atoms. The van der Waals surface area contributed by atoms with E-state index >= 15 is 0 Å². The summed E-state index contributed by atoms with van der Waals surface area (Å²) >= 11 is 1.55. The maximum atomic E-state index is 12.4. The van der Waals surface area contributed by atoms with Gasteiger partial charge in [-0.2, -0.15) is 0 Å². The standard InChI is InChI=1S/C18H18N4O3S/c1-10-11(2)26-18-15(10)17(24)20-14(21-18)5-7-22-8-6-19-16(22)13-4-3-12(9-23)25-13/h3-4,6,8,23H,5,7,9H2,1-2H3,(H,20,21,24). The monoisotopic (exact) mass is 370 g/mol. The first-order valence-corrected chi connectivity index (χ1v) is 9.08. The molecule has 0 unspecified atom stereocenters. The van der Waals surface area contributed by atoms with Gasteiger partial charge in [0.2, 0.25) is 0 Å². The number of aryl methyl sites for hydroxylation is 4. The summed E-state index contributed by atoms with van der Waals surface area (Å²) in [5.41, 5.74) is 0.913. The number of fused-ring (bicyclic) bond motifs is 1. The van der Waals surface area contributed by atoms with Gasteiger partial charge < -0.3 is 19.1 Å². The predicted molar refractivity (Wildman–Crippen MR) is 99.3 cm³/mol. The Balaban J connectivity index is 1.59. The lowest BCUT2D eigenvalue weighted by atomic mass is 10.2. The highest BCUT2D eigenvalue weighted by atomic mass is 32.1. The fourth-order valence-electron chi connectivity index (χ4n) is 2.94. The van der Waals surface area contributed by atoms with Crippen molar-refractivity contribution in [2.45, 2.75) is 33.4 Å². The van der Waals surface area contributed by atoms with E-state index in [1.54, 1.807) is 29.7 Å². The van der Waals surface area contributed by atoms with Crippen LogP contribution >= 0.6 is 11.3 Å². The van der Waals surface area contributed by atoms with Crippen LogP contribution in [-0.2, 0) is 19.6 Å². The molecule has 0 fully saturated rings. The maximum absolute atomic E-state index is 12.4. The molecule has 0 radical (unpaired) electrons. The molecule has 0 aromatic carbocycles. The van der Waals surface area contributed by atoms with Gasteiger partial charge in [0.1, 0.15) is 23.0 Å². The van der Waals surface area contributed by atoms with Gasteiger partial charge in [-0.3, -0.25) is 4.79 Å². The number of nitrogens with zero attached hydrogens (tertiary/aromatic N) is 3. The van der Waals surface area contributed by atoms with E-state index in [0.29, 0.717) is 41.5 Å². The lowest BCUT2D eigenvalue weighted by Gasteiger charge is -2.06. The summed E-state index contributed by atoms with van der Waals surface area (Å²) in [6, 6.07) is 3.51. The quantitative estimate of drug-likeness (QED) is 0.563. The van der Waals surface area contributed by atoms with Gasteiger partial charge in [0.25, 0.3) is 5.56 Å². The largest absolute Gasteiger partial charge is 0.455 e. The van der Waals surface area contributed by atoms with Gasteiger partial charge in [-0.1, -0.05) is 0 Å². The second kappa shape index (κ2) is 6.54. The third-order valence-electron chi connectivity index (χ3n) is 4.43. The zero-order valence-corrected chi connectivity index (χ0v) is 15.3. The van der Waals surface area contributed by atoms with E-state index in [1.807, 2.05) is 24.6 Å². The Kier molecular flexibility index (Phi) is 4.21. The average Bonchev–Trinajstić information content (AvgIpc) is 3.32. The van der Waals surface area contributed by atoms with Crippen LogP contribution in [0.2, 0.25) is 0 Å². The molecule has 0 saturated heterocycles. The fourth-order valence-corrected chi connectivity index (χ4v) is 3.99. The van der Waals surface area contributed by atoms with Crippen molar-refractivity contribution in [1.29, 1.82) is 0 Å². The van der Waals surface area contributed by atoms with E-state index in [-0.39, 0.29) is 12.2 Å². The molecule has 0 amide bonds. The van der Waals surface area contributed by atoms with Crippen LogP contribution < -0.4 is 5.56 Å². The molecule has 0 spiro atoms. The van der Waals surface area contributed by atoms with E-state index in [1.165, 1.54) is 0 Å². The number of aliphatic hydroxyl groups excluding tert-OH is 1. The smallest absolute Gasteiger partial charge is 0.259 e. The number of hydrogen-bond acceptors (Lipinski definition) is 6. The van der Waals surface area contributed by atoms with Gasteiger partial charge in [0, 0.05) is 30.2 Å². The molecule has 0 bridgehead atoms. The molecule has 4 aromatic rings. The summed E-state index contributed by atoms with van der Waals surface area (Å²) in [6.45, 7) is 4.41. The first-order chi connectivity index (χ1) is 12.6. The molecular formula is C18H18N4O3S. The number of aliphatic hydroxyl groups is 1. The highest BCUT2D eigenvalue weighted by Crippen LogP contribution is 2.26. The molecule has 4 rings (SSSR count). The molecule has 134 valence electrons. The fraction of sp³-hybridized carbons (Fsp3) is 0.278. The van der Waals surface area contributed by atoms with Crippen LogP contribution in [0.3, 0.4) is 0 Å². The molecule has 4 aromatic heterocycles. The Morgan fingerprint density at radius 1 is 1.35 bits per heavy atom. The predicted octanol–water partition coefficient (Wildman–Crippen LogP) is 2.79. The van der Waals surface area contributed by atoms with Crippen LogP contribution in [0.4, 0.5) is 0 Å². The van der Waals surface area contributed by atoms with E-state index in [2.05, 4.69) is 15.0 Å². The van der Waals surface area contributed by atoms with Crippen LogP contribution in [0.15, 0.2) is 33.7 Å². The van der Waals surface area contributed by atoms with E-state index in [0.717, 1.165) is 15.3 Å². The summed E-state index contributed by atoms with van der Waals surface area (Å²) in [5.74, 6) is 2.42. The molecule has 0 aliphatic heterocycles. The molecular weight excluding hydrogens is 352 g/mol. The third kappa shape index (κ3) is 2.87. The van der Waals surface area contributed by atoms with Gasteiger partial charge in [-0.25, -0.2) is 9.97 Å². The van der Waals surface area contributed by atoms with Gasteiger partial charge in [-0.15, -0.1) is 11.3 Å². The minimum Gasteiger partial charge on any atom is -0.455 e. The number of H-pyrrole nitrogens is 1. The number of aromatic nitrogens is 4. The topological polar surface area (TPSA) is 96.9 Å². The molecule has 0 aliphatic rings. The lowest BCUT2D eigenvalue weighted by Crippen LogP contribution is -2.13. The number of rotatable bonds is 5. The van der Waals surface area contributed by atoms with Crippen LogP contribution in [0.1, 0.15) is 22.0 Å². The zero-order chi connectivity index (χ0) is 18.3. The molecule has 0 aliphatic carbocycles. The minimum atomic E-state index is -0.147. The maximum Gasteiger partial charge on any atom is 0.259 e. The molecule has 2 N–H and O–H groups in total. The Bertz CT molecular complexity index is 1140. The van der Waals surface area contributed by atoms with Crippen LogP contribution in [-0.4, -0.2) is 24.6 Å². The van der Waals surface area contributed by atoms with Crippen molar-refractivity contribution in [2.24, 2.45) is 0 Å². The second-order valence-electron chi connectivity index (χ2n) is 6.09. The number of thiophene rings is 1. The van der Waals surface area contributed by atoms with Gasteiger partial charge in [0.05, 0.1) is 5.39 Å². The highest BCUT2D eigenvalue weighted by molar-refractivity contribution is 7.18. The van der Waals surface area contributed by atoms with E-state index in [4.69, 9.17) is 9.52 Å². The Morgan fingerprint density at radius 2 is 2.19 bits per heavy atom. The number of hydrogen-bond donors (Lipinski definition) is 2. The van der Waals surface area contributed by atoms with E-state index in [9.17, 15) is 4.79 Å². The highest BCUT2D eigenvalue weighted by Gasteiger charge is 2.14. The summed E-state index contributed by atoms with van der Waals surface area (Å²) in [5, 5.41) is 9.83. The van der Waals surface area contributed by atoms with Crippen molar-refractivity contribution in [3.05, 3.63) is 56.9 Å². The van der Waals surface area contributed by atoms with Gasteiger partial charge in [0.15, 0.2) is 11.6 Å². The molecule has 4 heterocycles. The zero-order valence-electron chi connectivity index (χ0n) is 14.4. The first kappa shape index (κ1) is 16.7. The summed E-state index contributed by atoms with van der Waals surface area (Å²) < 4.78 is 7.50. The van der Waals surface area contributed by atoms with E-state index < -0.39 is 0 Å². The van der Waals surface area contributed by atoms with Crippen molar-refractivity contribution in [2.75, 3.05) is 0 Å². The Hall–Kier alpha value is -2.71. The summed E-state index contributed by atoms with van der Waals surface area (Å²) in [4.78, 5) is 26.1. The van der Waals surface area contributed by atoms with Crippen molar-refractivity contribution in [3.8, 4) is 11.6 Å². The normalized spacial score (nSPS) is 11.5. The van der Waals surface area contributed by atoms with Crippen LogP contribution in [0.5, 0.6) is 0 Å². The SMILES string of the molecule is Cc1sc2nc(CCn3ccnc3-c3ccc(CO)o3)[nH]c(=O)c2c1C.